The first-order chi connectivity index (χ1) is 13.5. The van der Waals surface area contributed by atoms with Crippen LogP contribution >= 0.6 is 0 Å². The topological polar surface area (TPSA) is 35.5 Å². The van der Waals surface area contributed by atoms with Crippen molar-refractivity contribution in [2.45, 2.75) is 13.2 Å². The molecule has 3 aromatic carbocycles. The van der Waals surface area contributed by atoms with Crippen LogP contribution < -0.4 is 4.74 Å². The highest BCUT2D eigenvalue weighted by molar-refractivity contribution is 5.90. The number of carbonyl (C=O) groups is 1. The van der Waals surface area contributed by atoms with E-state index >= 15 is 0 Å². The van der Waals surface area contributed by atoms with Gasteiger partial charge in [-0.1, -0.05) is 60.7 Å². The smallest absolute Gasteiger partial charge is 0.344 e. The Hall–Kier alpha value is -3.35. The third-order valence-electron chi connectivity index (χ3n) is 3.87. The van der Waals surface area contributed by atoms with Crippen LogP contribution in [0.2, 0.25) is 0 Å². The second kappa shape index (κ2) is 8.56. The Kier molecular flexibility index (Phi) is 5.93. The molecule has 0 spiro atoms. The van der Waals surface area contributed by atoms with Crippen LogP contribution in [0.1, 0.15) is 21.5 Å². The van der Waals surface area contributed by atoms with E-state index < -0.39 is 40.6 Å². The van der Waals surface area contributed by atoms with Gasteiger partial charge in [0.15, 0.2) is 17.4 Å². The molecule has 28 heavy (non-hydrogen) atoms. The van der Waals surface area contributed by atoms with Gasteiger partial charge in [0.05, 0.1) is 0 Å². The number of hydrogen-bond donors (Lipinski definition) is 0. The Morgan fingerprint density at radius 2 is 1.14 bits per heavy atom. The van der Waals surface area contributed by atoms with Gasteiger partial charge in [-0.2, -0.15) is 8.78 Å². The van der Waals surface area contributed by atoms with E-state index in [0.29, 0.717) is 11.1 Å². The third kappa shape index (κ3) is 4.14. The summed E-state index contributed by atoms with van der Waals surface area (Å²) in [6, 6.07) is 16.6. The number of ether oxygens (including phenoxy) is 2. The van der Waals surface area contributed by atoms with Gasteiger partial charge >= 0.3 is 5.97 Å². The van der Waals surface area contributed by atoms with E-state index in [1.54, 1.807) is 60.7 Å². The molecule has 0 saturated heterocycles. The minimum absolute atomic E-state index is 0.311. The molecule has 0 aliphatic carbocycles. The third-order valence-corrected chi connectivity index (χ3v) is 3.87. The lowest BCUT2D eigenvalue weighted by Gasteiger charge is -2.13. The van der Waals surface area contributed by atoms with E-state index in [1.807, 2.05) is 0 Å². The number of esters is 1. The number of carbonyl (C=O) groups excluding carboxylic acids is 1. The molecule has 0 aliphatic heterocycles. The molecule has 0 N–H and O–H groups in total. The van der Waals surface area contributed by atoms with Gasteiger partial charge in [0.2, 0.25) is 11.6 Å². The van der Waals surface area contributed by atoms with Gasteiger partial charge in [0.25, 0.3) is 0 Å². The number of hydrogen-bond acceptors (Lipinski definition) is 3. The molecule has 0 radical (unpaired) electrons. The molecule has 0 atom stereocenters. The highest BCUT2D eigenvalue weighted by Gasteiger charge is 2.31. The van der Waals surface area contributed by atoms with E-state index in [9.17, 15) is 22.4 Å². The van der Waals surface area contributed by atoms with Crippen molar-refractivity contribution in [3.8, 4) is 5.75 Å². The Bertz CT molecular complexity index is 947. The van der Waals surface area contributed by atoms with Crippen LogP contribution in [0.4, 0.5) is 17.6 Å². The van der Waals surface area contributed by atoms with E-state index in [0.717, 1.165) is 0 Å². The van der Waals surface area contributed by atoms with Gasteiger partial charge in [-0.25, -0.2) is 13.6 Å². The van der Waals surface area contributed by atoms with Gasteiger partial charge in [-0.05, 0) is 11.1 Å². The molecule has 0 aliphatic rings. The minimum atomic E-state index is -1.87. The second-order valence-electron chi connectivity index (χ2n) is 5.80. The van der Waals surface area contributed by atoms with E-state index in [-0.39, 0.29) is 13.2 Å². The summed E-state index contributed by atoms with van der Waals surface area (Å²) in [6.07, 6.45) is 0. The number of benzene rings is 3. The molecular weight excluding hydrogens is 376 g/mol. The van der Waals surface area contributed by atoms with Crippen molar-refractivity contribution in [3.05, 3.63) is 101 Å². The molecule has 3 nitrogen and oxygen atoms in total. The molecule has 3 aromatic rings. The van der Waals surface area contributed by atoms with Crippen molar-refractivity contribution < 1.29 is 31.8 Å². The molecule has 0 bridgehead atoms. The fraction of sp³-hybridized carbons (Fsp3) is 0.0952. The second-order valence-corrected chi connectivity index (χ2v) is 5.80. The molecule has 7 heteroatoms. The monoisotopic (exact) mass is 390 g/mol. The highest BCUT2D eigenvalue weighted by Crippen LogP contribution is 2.31. The summed E-state index contributed by atoms with van der Waals surface area (Å²) in [4.78, 5) is 12.0. The minimum Gasteiger partial charge on any atom is -0.483 e. The van der Waals surface area contributed by atoms with E-state index in [2.05, 4.69) is 0 Å². The molecule has 144 valence electrons. The maximum Gasteiger partial charge on any atom is 0.344 e. The largest absolute Gasteiger partial charge is 0.483 e. The number of rotatable bonds is 6. The standard InChI is InChI=1S/C21H14F4O3/c22-16-15(21(26)28-12-14-9-5-2-6-10-14)17(23)19(25)20(18(16)24)27-11-13-7-3-1-4-8-13/h1-10H,11-12H2. The zero-order chi connectivity index (χ0) is 20.1. The van der Waals surface area contributed by atoms with Crippen LogP contribution in [0.5, 0.6) is 5.75 Å². The fourth-order valence-electron chi connectivity index (χ4n) is 2.44. The van der Waals surface area contributed by atoms with Crippen molar-refractivity contribution in [2.24, 2.45) is 0 Å². The van der Waals surface area contributed by atoms with E-state index in [1.165, 1.54) is 0 Å². The molecule has 0 amide bonds. The molecule has 0 fully saturated rings. The fourth-order valence-corrected chi connectivity index (χ4v) is 2.44. The van der Waals surface area contributed by atoms with Crippen molar-refractivity contribution in [2.75, 3.05) is 0 Å². The van der Waals surface area contributed by atoms with Gasteiger partial charge in [0, 0.05) is 0 Å². The molecule has 0 unspecified atom stereocenters. The lowest BCUT2D eigenvalue weighted by atomic mass is 10.1. The summed E-state index contributed by atoms with van der Waals surface area (Å²) in [5.41, 5.74) is -0.369. The van der Waals surface area contributed by atoms with Gasteiger partial charge < -0.3 is 9.47 Å². The Labute approximate surface area is 158 Å². The van der Waals surface area contributed by atoms with Gasteiger partial charge in [-0.15, -0.1) is 0 Å². The highest BCUT2D eigenvalue weighted by atomic mass is 19.2. The predicted octanol–water partition coefficient (Wildman–Crippen LogP) is 5.18. The number of halogens is 4. The summed E-state index contributed by atoms with van der Waals surface area (Å²) >= 11 is 0. The lowest BCUT2D eigenvalue weighted by molar-refractivity contribution is 0.0458. The zero-order valence-corrected chi connectivity index (χ0v) is 14.4. The van der Waals surface area contributed by atoms with Crippen LogP contribution in [0.15, 0.2) is 60.7 Å². The molecule has 0 aromatic heterocycles. The summed E-state index contributed by atoms with van der Waals surface area (Å²) in [7, 11) is 0. The molecule has 0 heterocycles. The maximum atomic E-state index is 14.2. The van der Waals surface area contributed by atoms with Crippen LogP contribution in [-0.4, -0.2) is 5.97 Å². The predicted molar refractivity (Wildman–Crippen MR) is 92.6 cm³/mol. The molecule has 0 saturated carbocycles. The van der Waals surface area contributed by atoms with Crippen molar-refractivity contribution in [1.29, 1.82) is 0 Å². The molecular formula is C21H14F4O3. The van der Waals surface area contributed by atoms with Crippen LogP contribution in [0.25, 0.3) is 0 Å². The zero-order valence-electron chi connectivity index (χ0n) is 14.4. The summed E-state index contributed by atoms with van der Waals surface area (Å²) in [6.45, 7) is -0.626. The average molecular weight is 390 g/mol. The Morgan fingerprint density at radius 1 is 0.679 bits per heavy atom. The first-order valence-corrected chi connectivity index (χ1v) is 8.22. The Balaban J connectivity index is 1.82. The van der Waals surface area contributed by atoms with Crippen molar-refractivity contribution >= 4 is 5.97 Å². The van der Waals surface area contributed by atoms with E-state index in [4.69, 9.17) is 9.47 Å². The summed E-state index contributed by atoms with van der Waals surface area (Å²) in [5, 5.41) is 0. The Morgan fingerprint density at radius 3 is 1.64 bits per heavy atom. The summed E-state index contributed by atoms with van der Waals surface area (Å²) < 4.78 is 66.6. The van der Waals surface area contributed by atoms with Gasteiger partial charge in [0.1, 0.15) is 18.8 Å². The quantitative estimate of drug-likeness (QED) is 0.331. The SMILES string of the molecule is O=C(OCc1ccccc1)c1c(F)c(F)c(OCc2ccccc2)c(F)c1F. The van der Waals surface area contributed by atoms with Gasteiger partial charge in [-0.3, -0.25) is 0 Å². The first-order valence-electron chi connectivity index (χ1n) is 8.22. The lowest BCUT2D eigenvalue weighted by Crippen LogP contribution is -2.15. The normalized spacial score (nSPS) is 10.6. The van der Waals surface area contributed by atoms with Crippen LogP contribution in [0.3, 0.4) is 0 Å². The first kappa shape index (κ1) is 19.4. The van der Waals surface area contributed by atoms with Crippen LogP contribution in [-0.2, 0) is 18.0 Å². The van der Waals surface area contributed by atoms with Crippen LogP contribution in [0, 0.1) is 23.3 Å². The maximum absolute atomic E-state index is 14.2. The molecule has 3 rings (SSSR count). The van der Waals surface area contributed by atoms with Crippen molar-refractivity contribution in [3.63, 3.8) is 0 Å². The summed E-state index contributed by atoms with van der Waals surface area (Å²) in [5.74, 6) is -10.1. The average Bonchev–Trinajstić information content (AvgIpc) is 2.72. The van der Waals surface area contributed by atoms with Crippen molar-refractivity contribution in [1.82, 2.24) is 0 Å².